The Balaban J connectivity index is 1.80. The lowest BCUT2D eigenvalue weighted by Crippen LogP contribution is -2.11. The van der Waals surface area contributed by atoms with Crippen molar-refractivity contribution in [1.29, 1.82) is 0 Å². The number of amides is 1. The van der Waals surface area contributed by atoms with Crippen LogP contribution in [0.3, 0.4) is 0 Å². The molecule has 0 aliphatic carbocycles. The van der Waals surface area contributed by atoms with E-state index in [0.717, 1.165) is 16.9 Å². The first-order valence-electron chi connectivity index (χ1n) is 7.14. The van der Waals surface area contributed by atoms with Gasteiger partial charge < -0.3 is 9.72 Å². The zero-order chi connectivity index (χ0) is 15.6. The first kappa shape index (κ1) is 13.3. The number of carbonyl (C=O) groups is 1. The maximum atomic E-state index is 12.6. The number of hydrogen-bond donors (Lipinski definition) is 2. The number of fused-ring (bicyclic) bond motifs is 1. The molecule has 4 aromatic rings. The van der Waals surface area contributed by atoms with Crippen LogP contribution >= 0.6 is 0 Å². The third-order valence-corrected chi connectivity index (χ3v) is 3.62. The Kier molecular flexibility index (Phi) is 3.12. The molecule has 0 aliphatic heterocycles. The molecule has 23 heavy (non-hydrogen) atoms. The summed E-state index contributed by atoms with van der Waals surface area (Å²) >= 11 is 0. The molecule has 4 aromatic heterocycles. The number of nitrogens with zero attached hydrogens (tertiary/aromatic N) is 3. The Morgan fingerprint density at radius 3 is 2.87 bits per heavy atom. The van der Waals surface area contributed by atoms with Gasteiger partial charge in [0.1, 0.15) is 0 Å². The van der Waals surface area contributed by atoms with Gasteiger partial charge in [-0.2, -0.15) is 5.10 Å². The van der Waals surface area contributed by atoms with Crippen molar-refractivity contribution in [2.45, 2.75) is 0 Å². The molecular formula is C17H13N5O. The average Bonchev–Trinajstić information content (AvgIpc) is 3.23. The Morgan fingerprint density at radius 2 is 2.09 bits per heavy atom. The van der Waals surface area contributed by atoms with E-state index in [1.54, 1.807) is 30.7 Å². The van der Waals surface area contributed by atoms with Gasteiger partial charge >= 0.3 is 0 Å². The molecule has 6 nitrogen and oxygen atoms in total. The van der Waals surface area contributed by atoms with Crippen LogP contribution in [0.15, 0.2) is 67.3 Å². The van der Waals surface area contributed by atoms with Crippen LogP contribution in [0.4, 0.5) is 5.69 Å². The number of aromatic amines is 1. The monoisotopic (exact) mass is 303 g/mol. The molecule has 4 heterocycles. The molecule has 2 N–H and O–H groups in total. The van der Waals surface area contributed by atoms with Crippen molar-refractivity contribution in [3.63, 3.8) is 0 Å². The average molecular weight is 303 g/mol. The Morgan fingerprint density at radius 1 is 1.13 bits per heavy atom. The zero-order valence-corrected chi connectivity index (χ0v) is 12.1. The minimum absolute atomic E-state index is 0.174. The Bertz CT molecular complexity index is 957. The van der Waals surface area contributed by atoms with Crippen molar-refractivity contribution in [3.8, 4) is 11.4 Å². The summed E-state index contributed by atoms with van der Waals surface area (Å²) < 4.78 is 1.96. The van der Waals surface area contributed by atoms with Crippen LogP contribution in [0.2, 0.25) is 0 Å². The van der Waals surface area contributed by atoms with E-state index < -0.39 is 0 Å². The Labute approximate surface area is 131 Å². The highest BCUT2D eigenvalue weighted by molar-refractivity contribution is 6.10. The van der Waals surface area contributed by atoms with Gasteiger partial charge in [0, 0.05) is 18.6 Å². The maximum absolute atomic E-state index is 12.6. The van der Waals surface area contributed by atoms with Gasteiger partial charge in [0.25, 0.3) is 5.91 Å². The summed E-state index contributed by atoms with van der Waals surface area (Å²) in [6.45, 7) is 0. The summed E-state index contributed by atoms with van der Waals surface area (Å²) in [6, 6.07) is 13.1. The lowest BCUT2D eigenvalue weighted by molar-refractivity contribution is 0.102. The molecule has 6 heteroatoms. The Hall–Kier alpha value is -3.41. The van der Waals surface area contributed by atoms with Crippen LogP contribution in [-0.4, -0.2) is 25.5 Å². The van der Waals surface area contributed by atoms with Crippen molar-refractivity contribution in [1.82, 2.24) is 19.6 Å². The summed E-state index contributed by atoms with van der Waals surface area (Å²) in [5.74, 6) is -0.174. The smallest absolute Gasteiger partial charge is 0.257 e. The van der Waals surface area contributed by atoms with Crippen LogP contribution in [0.5, 0.6) is 0 Å². The number of aromatic nitrogens is 4. The molecule has 4 rings (SSSR count). The van der Waals surface area contributed by atoms with Crippen molar-refractivity contribution in [2.24, 2.45) is 0 Å². The summed E-state index contributed by atoms with van der Waals surface area (Å²) in [5, 5.41) is 9.78. The number of anilines is 1. The van der Waals surface area contributed by atoms with Crippen LogP contribution in [0, 0.1) is 0 Å². The van der Waals surface area contributed by atoms with Gasteiger partial charge in [0.05, 0.1) is 34.4 Å². The standard InChI is InChI=1S/C17H13N5O/c23-17(20-12-4-3-7-18-11-12)13-10-16(14-6-8-19-21-14)22-9-2-1-5-15(13)22/h1-11H,(H,19,21)(H,20,23). The second kappa shape index (κ2) is 5.42. The van der Waals surface area contributed by atoms with E-state index in [1.807, 2.05) is 40.9 Å². The largest absolute Gasteiger partial charge is 0.321 e. The van der Waals surface area contributed by atoms with Crippen LogP contribution < -0.4 is 5.32 Å². The van der Waals surface area contributed by atoms with Crippen molar-refractivity contribution in [2.75, 3.05) is 5.32 Å². The number of rotatable bonds is 3. The van der Waals surface area contributed by atoms with Gasteiger partial charge in [0.2, 0.25) is 0 Å². The number of hydrogen-bond acceptors (Lipinski definition) is 3. The van der Waals surface area contributed by atoms with Gasteiger partial charge in [-0.05, 0) is 36.4 Å². The van der Waals surface area contributed by atoms with E-state index >= 15 is 0 Å². The minimum Gasteiger partial charge on any atom is -0.321 e. The summed E-state index contributed by atoms with van der Waals surface area (Å²) in [6.07, 6.45) is 6.89. The second-order valence-corrected chi connectivity index (χ2v) is 5.07. The molecule has 1 amide bonds. The number of nitrogens with one attached hydrogen (secondary N) is 2. The van der Waals surface area contributed by atoms with Crippen molar-refractivity contribution < 1.29 is 4.79 Å². The maximum Gasteiger partial charge on any atom is 0.257 e. The first-order valence-corrected chi connectivity index (χ1v) is 7.14. The minimum atomic E-state index is -0.174. The van der Waals surface area contributed by atoms with Gasteiger partial charge in [-0.15, -0.1) is 0 Å². The fourth-order valence-electron chi connectivity index (χ4n) is 2.58. The highest BCUT2D eigenvalue weighted by Gasteiger charge is 2.16. The summed E-state index contributed by atoms with van der Waals surface area (Å²) in [5.41, 5.74) is 3.83. The van der Waals surface area contributed by atoms with E-state index in [1.165, 1.54) is 0 Å². The fourth-order valence-corrected chi connectivity index (χ4v) is 2.58. The van der Waals surface area contributed by atoms with E-state index in [9.17, 15) is 4.79 Å². The van der Waals surface area contributed by atoms with Gasteiger partial charge in [0.15, 0.2) is 0 Å². The SMILES string of the molecule is O=C(Nc1cccnc1)c1cc(-c2ccn[nH]2)n2ccccc12. The molecule has 0 saturated heterocycles. The zero-order valence-electron chi connectivity index (χ0n) is 12.1. The molecule has 0 bridgehead atoms. The molecule has 0 fully saturated rings. The molecular weight excluding hydrogens is 290 g/mol. The van der Waals surface area contributed by atoms with E-state index in [-0.39, 0.29) is 5.91 Å². The normalized spacial score (nSPS) is 10.8. The molecule has 0 aromatic carbocycles. The van der Waals surface area contributed by atoms with Crippen molar-refractivity contribution in [3.05, 3.63) is 72.8 Å². The second-order valence-electron chi connectivity index (χ2n) is 5.07. The topological polar surface area (TPSA) is 75.1 Å². The molecule has 112 valence electrons. The molecule has 0 saturated carbocycles. The van der Waals surface area contributed by atoms with E-state index in [2.05, 4.69) is 20.5 Å². The quantitative estimate of drug-likeness (QED) is 0.611. The van der Waals surface area contributed by atoms with Crippen LogP contribution in [0.1, 0.15) is 10.4 Å². The summed E-state index contributed by atoms with van der Waals surface area (Å²) in [7, 11) is 0. The third-order valence-electron chi connectivity index (χ3n) is 3.62. The lowest BCUT2D eigenvalue weighted by atomic mass is 10.2. The number of pyridine rings is 2. The molecule has 0 radical (unpaired) electrons. The molecule has 0 atom stereocenters. The predicted octanol–water partition coefficient (Wildman–Crippen LogP) is 2.98. The van der Waals surface area contributed by atoms with Gasteiger partial charge in [-0.3, -0.25) is 14.9 Å². The predicted molar refractivity (Wildman–Crippen MR) is 87.2 cm³/mol. The van der Waals surface area contributed by atoms with Gasteiger partial charge in [-0.25, -0.2) is 0 Å². The highest BCUT2D eigenvalue weighted by Crippen LogP contribution is 2.25. The number of H-pyrrole nitrogens is 1. The first-order chi connectivity index (χ1) is 11.3. The molecule has 0 unspecified atom stereocenters. The van der Waals surface area contributed by atoms with Crippen molar-refractivity contribution >= 4 is 17.1 Å². The van der Waals surface area contributed by atoms with Crippen LogP contribution in [0.25, 0.3) is 16.9 Å². The third kappa shape index (κ3) is 2.36. The number of carbonyl (C=O) groups excluding carboxylic acids is 1. The van der Waals surface area contributed by atoms with Crippen LogP contribution in [-0.2, 0) is 0 Å². The van der Waals surface area contributed by atoms with E-state index in [4.69, 9.17) is 0 Å². The molecule has 0 spiro atoms. The summed E-state index contributed by atoms with van der Waals surface area (Å²) in [4.78, 5) is 16.6. The molecule has 0 aliphatic rings. The van der Waals surface area contributed by atoms with E-state index in [0.29, 0.717) is 11.3 Å². The fraction of sp³-hybridized carbons (Fsp3) is 0. The highest BCUT2D eigenvalue weighted by atomic mass is 16.1. The van der Waals surface area contributed by atoms with Gasteiger partial charge in [-0.1, -0.05) is 6.07 Å². The lowest BCUT2D eigenvalue weighted by Gasteiger charge is -2.03.